The topological polar surface area (TPSA) is 97.6 Å². The number of aromatic nitrogens is 5. The van der Waals surface area contributed by atoms with Gasteiger partial charge < -0.3 is 10.6 Å². The van der Waals surface area contributed by atoms with Gasteiger partial charge in [-0.25, -0.2) is 9.97 Å². The Kier molecular flexibility index (Phi) is 8.28. The molecule has 5 rings (SSSR count). The van der Waals surface area contributed by atoms with Crippen LogP contribution < -0.4 is 16.2 Å². The van der Waals surface area contributed by atoms with Crippen molar-refractivity contribution in [1.29, 1.82) is 0 Å². The normalized spacial score (nSPS) is 15.0. The van der Waals surface area contributed by atoms with Gasteiger partial charge in [0, 0.05) is 52.6 Å². The summed E-state index contributed by atoms with van der Waals surface area (Å²) >= 11 is 6.60. The van der Waals surface area contributed by atoms with E-state index >= 15 is 0 Å². The second kappa shape index (κ2) is 11.6. The van der Waals surface area contributed by atoms with Crippen LogP contribution >= 0.6 is 11.6 Å². The fourth-order valence-electron chi connectivity index (χ4n) is 4.18. The van der Waals surface area contributed by atoms with Gasteiger partial charge in [0.15, 0.2) is 0 Å². The highest BCUT2D eigenvalue weighted by atomic mass is 35.5. The van der Waals surface area contributed by atoms with E-state index in [4.69, 9.17) is 11.6 Å². The molecule has 1 aromatic carbocycles. The highest BCUT2D eigenvalue weighted by Crippen LogP contribution is 2.31. The molecule has 1 fully saturated rings. The zero-order valence-corrected chi connectivity index (χ0v) is 21.9. The summed E-state index contributed by atoms with van der Waals surface area (Å²) in [5.74, 6) is 1.44. The van der Waals surface area contributed by atoms with Crippen molar-refractivity contribution in [3.63, 3.8) is 0 Å². The Morgan fingerprint density at radius 2 is 1.97 bits per heavy atom. The zero-order valence-electron chi connectivity index (χ0n) is 21.2. The Morgan fingerprint density at radius 1 is 1.14 bits per heavy atom. The van der Waals surface area contributed by atoms with Crippen LogP contribution in [0.25, 0.3) is 33.4 Å². The van der Waals surface area contributed by atoms with E-state index in [0.717, 1.165) is 28.3 Å². The molecular formula is C27H32ClN7O. The smallest absolute Gasteiger partial charge is 0.260 e. The number of halogens is 1. The van der Waals surface area contributed by atoms with Crippen molar-refractivity contribution in [3.8, 4) is 22.4 Å². The van der Waals surface area contributed by atoms with Gasteiger partial charge in [-0.15, -0.1) is 0 Å². The molecule has 3 aromatic heterocycles. The van der Waals surface area contributed by atoms with E-state index in [-0.39, 0.29) is 5.56 Å². The molecule has 0 radical (unpaired) electrons. The molecule has 1 atom stereocenters. The van der Waals surface area contributed by atoms with E-state index in [2.05, 4.69) is 37.5 Å². The predicted molar refractivity (Wildman–Crippen MR) is 146 cm³/mol. The first-order valence-electron chi connectivity index (χ1n) is 12.3. The summed E-state index contributed by atoms with van der Waals surface area (Å²) < 4.78 is 1.64. The SMILES string of the molecule is CC1CCNC1.CCNc1ncc2cc(-c3ccc(-c4cncc(C)n4)cc3Cl)c(=O)n(CC)c2n1. The van der Waals surface area contributed by atoms with Gasteiger partial charge in [0.2, 0.25) is 5.95 Å². The van der Waals surface area contributed by atoms with Crippen molar-refractivity contribution in [3.05, 3.63) is 63.9 Å². The molecule has 1 aliphatic rings. The zero-order chi connectivity index (χ0) is 25.7. The van der Waals surface area contributed by atoms with Crippen LogP contribution in [-0.2, 0) is 6.54 Å². The standard InChI is InChI=1S/C22H21ClN6O.C5H11N/c1-4-25-22-26-11-15-8-17(21(30)29(5-2)20(15)28-22)16-7-6-14(9-18(16)23)19-12-24-10-13(3)27-19;1-5-2-3-6-4-5/h6-12H,4-5H2,1-3H3,(H,25,26,28);5-6H,2-4H2,1H3. The van der Waals surface area contributed by atoms with Gasteiger partial charge in [-0.3, -0.25) is 14.3 Å². The van der Waals surface area contributed by atoms with E-state index in [0.29, 0.717) is 40.8 Å². The van der Waals surface area contributed by atoms with Crippen LogP contribution in [0, 0.1) is 12.8 Å². The number of aryl methyl sites for hydroxylation is 2. The maximum atomic E-state index is 13.2. The summed E-state index contributed by atoms with van der Waals surface area (Å²) in [5.41, 5.74) is 4.02. The third kappa shape index (κ3) is 5.71. The minimum atomic E-state index is -0.142. The van der Waals surface area contributed by atoms with Crippen molar-refractivity contribution >= 4 is 28.6 Å². The Hall–Kier alpha value is -3.36. The summed E-state index contributed by atoms with van der Waals surface area (Å²) in [4.78, 5) is 30.8. The number of rotatable bonds is 5. The third-order valence-electron chi connectivity index (χ3n) is 6.09. The van der Waals surface area contributed by atoms with Gasteiger partial charge >= 0.3 is 0 Å². The van der Waals surface area contributed by atoms with E-state index in [1.807, 2.05) is 39.0 Å². The number of pyridine rings is 1. The molecule has 4 aromatic rings. The molecule has 8 nitrogen and oxygen atoms in total. The Morgan fingerprint density at radius 3 is 2.58 bits per heavy atom. The van der Waals surface area contributed by atoms with Crippen LogP contribution in [0.3, 0.4) is 0 Å². The van der Waals surface area contributed by atoms with E-state index in [1.165, 1.54) is 19.5 Å². The molecule has 9 heteroatoms. The minimum absolute atomic E-state index is 0.142. The molecule has 1 unspecified atom stereocenters. The number of hydrogen-bond acceptors (Lipinski definition) is 7. The first kappa shape index (κ1) is 25.7. The van der Waals surface area contributed by atoms with E-state index in [9.17, 15) is 4.79 Å². The van der Waals surface area contributed by atoms with Crippen molar-refractivity contribution in [1.82, 2.24) is 29.8 Å². The maximum Gasteiger partial charge on any atom is 0.260 e. The van der Waals surface area contributed by atoms with Crippen molar-refractivity contribution in [2.75, 3.05) is 25.0 Å². The lowest BCUT2D eigenvalue weighted by atomic mass is 10.0. The largest absolute Gasteiger partial charge is 0.354 e. The molecule has 1 saturated heterocycles. The van der Waals surface area contributed by atoms with Gasteiger partial charge in [-0.2, -0.15) is 4.98 Å². The fourth-order valence-corrected chi connectivity index (χ4v) is 4.47. The molecule has 0 saturated carbocycles. The molecule has 2 N–H and O–H groups in total. The molecule has 0 spiro atoms. The Balaban J connectivity index is 0.000000445. The lowest BCUT2D eigenvalue weighted by molar-refractivity contribution is 0.651. The predicted octanol–water partition coefficient (Wildman–Crippen LogP) is 4.94. The van der Waals surface area contributed by atoms with Crippen LogP contribution in [0.15, 0.2) is 47.7 Å². The number of anilines is 1. The quantitative estimate of drug-likeness (QED) is 0.396. The minimum Gasteiger partial charge on any atom is -0.354 e. The molecule has 0 aliphatic carbocycles. The van der Waals surface area contributed by atoms with Gasteiger partial charge in [-0.05, 0) is 58.3 Å². The number of nitrogens with zero attached hydrogens (tertiary/aromatic N) is 5. The van der Waals surface area contributed by atoms with Crippen LogP contribution in [-0.4, -0.2) is 44.1 Å². The molecule has 36 heavy (non-hydrogen) atoms. The van der Waals surface area contributed by atoms with E-state index in [1.54, 1.807) is 29.2 Å². The number of fused-ring (bicyclic) bond motifs is 1. The Labute approximate surface area is 216 Å². The highest BCUT2D eigenvalue weighted by molar-refractivity contribution is 6.33. The maximum absolute atomic E-state index is 13.2. The van der Waals surface area contributed by atoms with Gasteiger partial charge in [0.1, 0.15) is 5.65 Å². The first-order valence-corrected chi connectivity index (χ1v) is 12.7. The highest BCUT2D eigenvalue weighted by Gasteiger charge is 2.15. The lowest BCUT2D eigenvalue weighted by Gasteiger charge is -2.13. The average molecular weight is 506 g/mol. The Bertz CT molecular complexity index is 1410. The average Bonchev–Trinajstić information content (AvgIpc) is 3.35. The molecule has 4 heterocycles. The molecule has 1 aliphatic heterocycles. The summed E-state index contributed by atoms with van der Waals surface area (Å²) in [6.07, 6.45) is 6.49. The first-order chi connectivity index (χ1) is 17.4. The van der Waals surface area contributed by atoms with Crippen molar-refractivity contribution in [2.24, 2.45) is 5.92 Å². The van der Waals surface area contributed by atoms with Crippen molar-refractivity contribution in [2.45, 2.75) is 40.7 Å². The number of benzene rings is 1. The van der Waals surface area contributed by atoms with Crippen molar-refractivity contribution < 1.29 is 0 Å². The van der Waals surface area contributed by atoms with Crippen LogP contribution in [0.4, 0.5) is 5.95 Å². The molecular weight excluding hydrogens is 474 g/mol. The molecule has 188 valence electrons. The summed E-state index contributed by atoms with van der Waals surface area (Å²) in [5, 5.41) is 7.60. The monoisotopic (exact) mass is 505 g/mol. The molecule has 0 bridgehead atoms. The van der Waals surface area contributed by atoms with E-state index < -0.39 is 0 Å². The third-order valence-corrected chi connectivity index (χ3v) is 6.41. The second-order valence-corrected chi connectivity index (χ2v) is 9.36. The fraction of sp³-hybridized carbons (Fsp3) is 0.370. The summed E-state index contributed by atoms with van der Waals surface area (Å²) in [7, 11) is 0. The van der Waals surface area contributed by atoms with Crippen LogP contribution in [0.2, 0.25) is 5.02 Å². The van der Waals surface area contributed by atoms with Crippen LogP contribution in [0.5, 0.6) is 0 Å². The van der Waals surface area contributed by atoms with Gasteiger partial charge in [0.25, 0.3) is 5.56 Å². The number of hydrogen-bond donors (Lipinski definition) is 2. The van der Waals surface area contributed by atoms with Gasteiger partial charge in [0.05, 0.1) is 17.6 Å². The summed E-state index contributed by atoms with van der Waals surface area (Å²) in [6, 6.07) is 7.35. The van der Waals surface area contributed by atoms with Crippen LogP contribution in [0.1, 0.15) is 32.9 Å². The summed E-state index contributed by atoms with van der Waals surface area (Å²) in [6.45, 7) is 11.7. The number of nitrogens with one attached hydrogen (secondary N) is 2. The second-order valence-electron chi connectivity index (χ2n) is 8.95. The lowest BCUT2D eigenvalue weighted by Crippen LogP contribution is -2.22. The van der Waals surface area contributed by atoms with Gasteiger partial charge in [-0.1, -0.05) is 30.7 Å². The molecule has 0 amide bonds.